The SMILES string of the molecule is CCSC1=C(c2ccc(Cl)cc2)C(=O)N(Cc2ccccc2F)C1=O. The van der Waals surface area contributed by atoms with Crippen LogP contribution < -0.4 is 0 Å². The number of hydrogen-bond donors (Lipinski definition) is 0. The van der Waals surface area contributed by atoms with Crippen LogP contribution in [0, 0.1) is 5.82 Å². The minimum absolute atomic E-state index is 0.0881. The number of nitrogens with zero attached hydrogens (tertiary/aromatic N) is 1. The van der Waals surface area contributed by atoms with Gasteiger partial charge in [0.25, 0.3) is 11.8 Å². The number of rotatable bonds is 5. The van der Waals surface area contributed by atoms with E-state index in [0.29, 0.717) is 32.4 Å². The highest BCUT2D eigenvalue weighted by Crippen LogP contribution is 2.37. The molecule has 2 aromatic rings. The highest BCUT2D eigenvalue weighted by Gasteiger charge is 2.39. The molecule has 0 bridgehead atoms. The van der Waals surface area contributed by atoms with Crippen LogP contribution in [-0.4, -0.2) is 22.5 Å². The van der Waals surface area contributed by atoms with Gasteiger partial charge in [0.15, 0.2) is 0 Å². The second-order valence-corrected chi connectivity index (χ2v) is 7.14. The Balaban J connectivity index is 1.98. The van der Waals surface area contributed by atoms with E-state index in [4.69, 9.17) is 11.6 Å². The summed E-state index contributed by atoms with van der Waals surface area (Å²) in [7, 11) is 0. The molecule has 128 valence electrons. The van der Waals surface area contributed by atoms with Crippen molar-refractivity contribution in [3.8, 4) is 0 Å². The minimum Gasteiger partial charge on any atom is -0.269 e. The molecule has 1 heterocycles. The molecule has 3 nitrogen and oxygen atoms in total. The molecule has 0 saturated heterocycles. The number of benzene rings is 2. The van der Waals surface area contributed by atoms with Crippen molar-refractivity contribution in [1.82, 2.24) is 4.90 Å². The van der Waals surface area contributed by atoms with Gasteiger partial charge in [-0.2, -0.15) is 0 Å². The van der Waals surface area contributed by atoms with Crippen molar-refractivity contribution in [1.29, 1.82) is 0 Å². The monoisotopic (exact) mass is 375 g/mol. The molecule has 0 aromatic heterocycles. The lowest BCUT2D eigenvalue weighted by Gasteiger charge is -2.15. The molecular weight excluding hydrogens is 361 g/mol. The zero-order valence-corrected chi connectivity index (χ0v) is 15.0. The van der Waals surface area contributed by atoms with Gasteiger partial charge < -0.3 is 0 Å². The average molecular weight is 376 g/mol. The van der Waals surface area contributed by atoms with E-state index in [1.165, 1.54) is 17.8 Å². The largest absolute Gasteiger partial charge is 0.269 e. The maximum Gasteiger partial charge on any atom is 0.268 e. The van der Waals surface area contributed by atoms with Gasteiger partial charge in [-0.05, 0) is 29.5 Å². The van der Waals surface area contributed by atoms with Gasteiger partial charge in [-0.1, -0.05) is 48.9 Å². The Morgan fingerprint density at radius 1 is 1.04 bits per heavy atom. The maximum atomic E-state index is 13.9. The average Bonchev–Trinajstić information content (AvgIpc) is 2.83. The summed E-state index contributed by atoms with van der Waals surface area (Å²) in [4.78, 5) is 27.1. The van der Waals surface area contributed by atoms with Gasteiger partial charge >= 0.3 is 0 Å². The fourth-order valence-electron chi connectivity index (χ4n) is 2.64. The van der Waals surface area contributed by atoms with Crippen molar-refractivity contribution in [3.05, 3.63) is 75.4 Å². The molecule has 0 aliphatic carbocycles. The van der Waals surface area contributed by atoms with Crippen molar-refractivity contribution in [3.63, 3.8) is 0 Å². The molecule has 3 rings (SSSR count). The van der Waals surface area contributed by atoms with E-state index in [1.54, 1.807) is 42.5 Å². The highest BCUT2D eigenvalue weighted by molar-refractivity contribution is 8.04. The summed E-state index contributed by atoms with van der Waals surface area (Å²) in [6.07, 6.45) is 0. The van der Waals surface area contributed by atoms with Crippen LogP contribution in [0.15, 0.2) is 53.4 Å². The van der Waals surface area contributed by atoms with Gasteiger partial charge in [-0.15, -0.1) is 11.8 Å². The number of hydrogen-bond acceptors (Lipinski definition) is 3. The van der Waals surface area contributed by atoms with Crippen LogP contribution in [0.1, 0.15) is 18.1 Å². The minimum atomic E-state index is -0.437. The quantitative estimate of drug-likeness (QED) is 0.721. The summed E-state index contributed by atoms with van der Waals surface area (Å²) in [5, 5.41) is 0.550. The van der Waals surface area contributed by atoms with Gasteiger partial charge in [0.1, 0.15) is 5.82 Å². The summed E-state index contributed by atoms with van der Waals surface area (Å²) >= 11 is 7.23. The first kappa shape index (κ1) is 17.7. The Labute approximate surface area is 154 Å². The van der Waals surface area contributed by atoms with E-state index in [-0.39, 0.29) is 12.5 Å². The molecule has 0 radical (unpaired) electrons. The molecule has 0 fully saturated rings. The van der Waals surface area contributed by atoms with Crippen LogP contribution in [0.2, 0.25) is 5.02 Å². The zero-order valence-electron chi connectivity index (χ0n) is 13.5. The molecule has 1 aliphatic heterocycles. The molecule has 0 atom stereocenters. The van der Waals surface area contributed by atoms with Crippen LogP contribution in [0.25, 0.3) is 5.57 Å². The maximum absolute atomic E-state index is 13.9. The molecule has 25 heavy (non-hydrogen) atoms. The number of thioether (sulfide) groups is 1. The van der Waals surface area contributed by atoms with Gasteiger partial charge in [0, 0.05) is 10.6 Å². The summed E-state index contributed by atoms with van der Waals surface area (Å²) < 4.78 is 13.9. The third-order valence-corrected chi connectivity index (χ3v) is 5.04. The molecule has 2 aromatic carbocycles. The number of halogens is 2. The molecule has 0 saturated carbocycles. The number of amides is 2. The lowest BCUT2D eigenvalue weighted by atomic mass is 10.1. The zero-order chi connectivity index (χ0) is 18.0. The second kappa shape index (κ2) is 7.42. The van der Waals surface area contributed by atoms with Crippen LogP contribution in [0.3, 0.4) is 0 Å². The number of carbonyl (C=O) groups excluding carboxylic acids is 2. The van der Waals surface area contributed by atoms with Crippen molar-refractivity contribution in [2.75, 3.05) is 5.75 Å². The summed E-state index contributed by atoms with van der Waals surface area (Å²) in [6, 6.07) is 12.9. The van der Waals surface area contributed by atoms with Crippen molar-refractivity contribution >= 4 is 40.8 Å². The first-order valence-electron chi connectivity index (χ1n) is 7.75. The smallest absolute Gasteiger partial charge is 0.268 e. The number of imide groups is 1. The molecule has 0 spiro atoms. The molecule has 0 N–H and O–H groups in total. The van der Waals surface area contributed by atoms with Crippen LogP contribution in [0.5, 0.6) is 0 Å². The first-order chi connectivity index (χ1) is 12.0. The van der Waals surface area contributed by atoms with Crippen LogP contribution >= 0.6 is 23.4 Å². The Bertz CT molecular complexity index is 864. The Hall–Kier alpha value is -2.11. The Kier molecular flexibility index (Phi) is 5.25. The Morgan fingerprint density at radius 3 is 2.36 bits per heavy atom. The number of carbonyl (C=O) groups is 2. The van der Waals surface area contributed by atoms with Gasteiger partial charge in [0.05, 0.1) is 17.0 Å². The van der Waals surface area contributed by atoms with E-state index >= 15 is 0 Å². The molecular formula is C19H15ClFNO2S. The van der Waals surface area contributed by atoms with Crippen LogP contribution in [-0.2, 0) is 16.1 Å². The normalized spacial score (nSPS) is 14.6. The second-order valence-electron chi connectivity index (χ2n) is 5.43. The van der Waals surface area contributed by atoms with Crippen LogP contribution in [0.4, 0.5) is 4.39 Å². The molecule has 2 amide bonds. The van der Waals surface area contributed by atoms with Gasteiger partial charge in [-0.3, -0.25) is 14.5 Å². The molecule has 1 aliphatic rings. The van der Waals surface area contributed by atoms with E-state index < -0.39 is 11.7 Å². The molecule has 6 heteroatoms. The highest BCUT2D eigenvalue weighted by atomic mass is 35.5. The Morgan fingerprint density at radius 2 is 1.72 bits per heavy atom. The van der Waals surface area contributed by atoms with E-state index in [2.05, 4.69) is 0 Å². The summed E-state index contributed by atoms with van der Waals surface area (Å²) in [5.41, 5.74) is 1.29. The predicted molar refractivity (Wildman–Crippen MR) is 98.5 cm³/mol. The van der Waals surface area contributed by atoms with E-state index in [1.807, 2.05) is 6.92 Å². The fourth-order valence-corrected chi connectivity index (χ4v) is 3.64. The fraction of sp³-hybridized carbons (Fsp3) is 0.158. The van der Waals surface area contributed by atoms with Gasteiger partial charge in [0.2, 0.25) is 0 Å². The summed E-state index contributed by atoms with van der Waals surface area (Å²) in [6.45, 7) is 1.82. The third-order valence-electron chi connectivity index (χ3n) is 3.83. The van der Waals surface area contributed by atoms with Crippen molar-refractivity contribution < 1.29 is 14.0 Å². The predicted octanol–water partition coefficient (Wildman–Crippen LogP) is 4.51. The summed E-state index contributed by atoms with van der Waals surface area (Å²) in [5.74, 6) is -0.580. The first-order valence-corrected chi connectivity index (χ1v) is 9.12. The van der Waals surface area contributed by atoms with Crippen molar-refractivity contribution in [2.24, 2.45) is 0 Å². The standard InChI is InChI=1S/C19H15ClFNO2S/c1-2-25-17-16(12-7-9-14(20)10-8-12)18(23)22(19(17)24)11-13-5-3-4-6-15(13)21/h3-10H,2,11H2,1H3. The lowest BCUT2D eigenvalue weighted by molar-refractivity contribution is -0.137. The van der Waals surface area contributed by atoms with Crippen molar-refractivity contribution in [2.45, 2.75) is 13.5 Å². The van der Waals surface area contributed by atoms with Gasteiger partial charge in [-0.25, -0.2) is 4.39 Å². The van der Waals surface area contributed by atoms with E-state index in [0.717, 1.165) is 4.90 Å². The van der Waals surface area contributed by atoms with E-state index in [9.17, 15) is 14.0 Å². The molecule has 0 unspecified atom stereocenters. The lowest BCUT2D eigenvalue weighted by Crippen LogP contribution is -2.31. The topological polar surface area (TPSA) is 37.4 Å². The third kappa shape index (κ3) is 3.48.